The third kappa shape index (κ3) is 7.38. The second kappa shape index (κ2) is 13.6. The Bertz CT molecular complexity index is 1560. The average molecular weight is 611 g/mol. The molecule has 1 fully saturated rings. The summed E-state index contributed by atoms with van der Waals surface area (Å²) in [5.74, 6) is 0.536. The summed E-state index contributed by atoms with van der Waals surface area (Å²) in [6, 6.07) is 18.8. The Hall–Kier alpha value is -3.57. The number of nitrogens with zero attached hydrogens (tertiary/aromatic N) is 2. The molecule has 7 nitrogen and oxygen atoms in total. The quantitative estimate of drug-likeness (QED) is 0.187. The van der Waals surface area contributed by atoms with Crippen LogP contribution in [0.5, 0.6) is 11.5 Å². The number of rotatable bonds is 12. The molecule has 0 spiro atoms. The van der Waals surface area contributed by atoms with E-state index >= 15 is 0 Å². The van der Waals surface area contributed by atoms with Crippen molar-refractivity contribution in [2.24, 2.45) is 16.9 Å². The van der Waals surface area contributed by atoms with Gasteiger partial charge in [-0.15, -0.1) is 13.2 Å². The molecule has 10 heteroatoms. The lowest BCUT2D eigenvalue weighted by molar-refractivity contribution is -0.274. The van der Waals surface area contributed by atoms with Crippen molar-refractivity contribution in [1.29, 1.82) is 0 Å². The molecule has 44 heavy (non-hydrogen) atoms. The molecule has 0 saturated carbocycles. The Morgan fingerprint density at radius 3 is 2.41 bits per heavy atom. The highest BCUT2D eigenvalue weighted by molar-refractivity contribution is 5.97. The van der Waals surface area contributed by atoms with Gasteiger partial charge in [0.15, 0.2) is 0 Å². The summed E-state index contributed by atoms with van der Waals surface area (Å²) < 4.78 is 50.3. The number of hydrogen-bond acceptors (Lipinski definition) is 6. The number of alkyl halides is 3. The van der Waals surface area contributed by atoms with Crippen molar-refractivity contribution in [3.8, 4) is 22.6 Å². The predicted molar refractivity (Wildman–Crippen MR) is 166 cm³/mol. The standard InChI is InChI=1S/C34H41F3N4O3/c1-43-27-5-2-4-24(16-27)19-33(23-42)10-14-40(15-11-33)21-25-6-9-32-30(17-25)31(22-41(32)13-3-12-38)29-8-7-28(18-26(29)20-39)44-34(35,36)37/h2,4-9,16-18,22,42H,3,10-15,19-21,23,38-39H2,1H3. The number of aliphatic hydroxyl groups excluding tert-OH is 1. The van der Waals surface area contributed by atoms with Crippen molar-refractivity contribution in [2.75, 3.05) is 33.4 Å². The van der Waals surface area contributed by atoms with Crippen molar-refractivity contribution in [2.45, 2.75) is 51.7 Å². The van der Waals surface area contributed by atoms with Crippen molar-refractivity contribution in [1.82, 2.24) is 9.47 Å². The van der Waals surface area contributed by atoms with E-state index in [0.29, 0.717) is 12.1 Å². The number of aryl methyl sites for hydroxylation is 1. The third-order valence-electron chi connectivity index (χ3n) is 8.74. The Balaban J connectivity index is 1.38. The fourth-order valence-corrected chi connectivity index (χ4v) is 6.35. The number of aromatic nitrogens is 1. The monoisotopic (exact) mass is 610 g/mol. The van der Waals surface area contributed by atoms with Gasteiger partial charge in [0.05, 0.1) is 7.11 Å². The molecule has 5 N–H and O–H groups in total. The minimum atomic E-state index is -4.78. The number of likely N-dealkylation sites (tertiary alicyclic amines) is 1. The van der Waals surface area contributed by atoms with E-state index in [-0.39, 0.29) is 24.3 Å². The van der Waals surface area contributed by atoms with Gasteiger partial charge in [-0.05, 0) is 109 Å². The van der Waals surface area contributed by atoms with Crippen molar-refractivity contribution >= 4 is 10.9 Å². The van der Waals surface area contributed by atoms with E-state index < -0.39 is 6.36 Å². The number of piperidine rings is 1. The maximum Gasteiger partial charge on any atom is 0.573 e. The van der Waals surface area contributed by atoms with Crippen LogP contribution >= 0.6 is 0 Å². The second-order valence-electron chi connectivity index (χ2n) is 11.8. The van der Waals surface area contributed by atoms with Gasteiger partial charge in [0.2, 0.25) is 0 Å². The molecular weight excluding hydrogens is 569 g/mol. The molecule has 0 aliphatic carbocycles. The van der Waals surface area contributed by atoms with Gasteiger partial charge in [-0.25, -0.2) is 0 Å². The van der Waals surface area contributed by atoms with Crippen LogP contribution in [0.1, 0.15) is 36.0 Å². The van der Waals surface area contributed by atoms with E-state index in [9.17, 15) is 18.3 Å². The van der Waals surface area contributed by atoms with Crippen LogP contribution in [0.4, 0.5) is 13.2 Å². The normalized spacial score (nSPS) is 15.5. The van der Waals surface area contributed by atoms with Crippen LogP contribution in [0.3, 0.4) is 0 Å². The fraction of sp³-hybridized carbons (Fsp3) is 0.412. The molecule has 0 unspecified atom stereocenters. The van der Waals surface area contributed by atoms with Crippen molar-refractivity contribution in [3.63, 3.8) is 0 Å². The minimum Gasteiger partial charge on any atom is -0.497 e. The number of hydrogen-bond donors (Lipinski definition) is 3. The van der Waals surface area contributed by atoms with E-state index in [2.05, 4.69) is 38.5 Å². The molecule has 0 bridgehead atoms. The third-order valence-corrected chi connectivity index (χ3v) is 8.74. The van der Waals surface area contributed by atoms with Gasteiger partial charge in [0.25, 0.3) is 0 Å². The molecule has 0 atom stereocenters. The van der Waals surface area contributed by atoms with E-state index in [4.69, 9.17) is 16.2 Å². The van der Waals surface area contributed by atoms with Crippen LogP contribution < -0.4 is 20.9 Å². The summed E-state index contributed by atoms with van der Waals surface area (Å²) in [6.07, 6.45) is 0.629. The fourth-order valence-electron chi connectivity index (χ4n) is 6.35. The number of aliphatic hydroxyl groups is 1. The molecule has 1 aliphatic heterocycles. The number of methoxy groups -OCH3 is 1. The zero-order chi connectivity index (χ0) is 31.3. The van der Waals surface area contributed by atoms with E-state index in [0.717, 1.165) is 85.2 Å². The van der Waals surface area contributed by atoms with E-state index in [1.54, 1.807) is 13.2 Å². The van der Waals surface area contributed by atoms with Crippen LogP contribution in [-0.4, -0.2) is 54.3 Å². The Kier molecular flexibility index (Phi) is 9.84. The molecule has 1 aliphatic rings. The summed E-state index contributed by atoms with van der Waals surface area (Å²) in [7, 11) is 1.66. The first-order chi connectivity index (χ1) is 21.2. The van der Waals surface area contributed by atoms with Crippen LogP contribution in [0.2, 0.25) is 0 Å². The van der Waals surface area contributed by atoms with Crippen LogP contribution in [0, 0.1) is 5.41 Å². The molecule has 236 valence electrons. The molecule has 5 rings (SSSR count). The van der Waals surface area contributed by atoms with Crippen LogP contribution in [0.15, 0.2) is 66.9 Å². The zero-order valence-corrected chi connectivity index (χ0v) is 25.1. The Labute approximate surface area is 256 Å². The molecular formula is C34H41F3N4O3. The lowest BCUT2D eigenvalue weighted by Crippen LogP contribution is -2.42. The first-order valence-electron chi connectivity index (χ1n) is 15.0. The number of halogens is 3. The molecule has 3 aromatic carbocycles. The predicted octanol–water partition coefficient (Wildman–Crippen LogP) is 5.84. The van der Waals surface area contributed by atoms with Crippen molar-refractivity contribution in [3.05, 3.63) is 83.6 Å². The van der Waals surface area contributed by atoms with Gasteiger partial charge in [-0.2, -0.15) is 0 Å². The lowest BCUT2D eigenvalue weighted by Gasteiger charge is -2.41. The summed E-state index contributed by atoms with van der Waals surface area (Å²) in [6.45, 7) is 3.96. The van der Waals surface area contributed by atoms with Crippen molar-refractivity contribution < 1.29 is 27.8 Å². The highest BCUT2D eigenvalue weighted by atomic mass is 19.4. The maximum atomic E-state index is 12.9. The van der Waals surface area contributed by atoms with E-state index in [1.807, 2.05) is 24.4 Å². The molecule has 2 heterocycles. The summed E-state index contributed by atoms with van der Waals surface area (Å²) in [5, 5.41) is 11.4. The number of nitrogens with two attached hydrogens (primary N) is 2. The Morgan fingerprint density at radius 2 is 1.73 bits per heavy atom. The number of fused-ring (bicyclic) bond motifs is 1. The van der Waals surface area contributed by atoms with Gasteiger partial charge in [-0.3, -0.25) is 4.90 Å². The highest BCUT2D eigenvalue weighted by Gasteiger charge is 2.34. The van der Waals surface area contributed by atoms with Gasteiger partial charge in [0.1, 0.15) is 11.5 Å². The SMILES string of the molecule is COc1cccc(CC2(CO)CCN(Cc3ccc4c(c3)c(-c3ccc(OC(F)(F)F)cc3CN)cn4CCCN)CC2)c1. The van der Waals surface area contributed by atoms with Gasteiger partial charge >= 0.3 is 6.36 Å². The van der Waals surface area contributed by atoms with Crippen LogP contribution in [0.25, 0.3) is 22.0 Å². The first-order valence-corrected chi connectivity index (χ1v) is 15.0. The summed E-state index contributed by atoms with van der Waals surface area (Å²) in [5.41, 5.74) is 17.3. The van der Waals surface area contributed by atoms with Crippen LogP contribution in [-0.2, 0) is 26.1 Å². The molecule has 4 aromatic rings. The first kappa shape index (κ1) is 31.8. The largest absolute Gasteiger partial charge is 0.573 e. The highest BCUT2D eigenvalue weighted by Crippen LogP contribution is 2.38. The van der Waals surface area contributed by atoms with Gasteiger partial charge < -0.3 is 30.6 Å². The van der Waals surface area contributed by atoms with E-state index in [1.165, 1.54) is 17.7 Å². The summed E-state index contributed by atoms with van der Waals surface area (Å²) in [4.78, 5) is 2.42. The molecule has 0 radical (unpaired) electrons. The smallest absolute Gasteiger partial charge is 0.497 e. The number of benzene rings is 3. The van der Waals surface area contributed by atoms with Gasteiger partial charge in [-0.1, -0.05) is 24.3 Å². The maximum absolute atomic E-state index is 12.9. The topological polar surface area (TPSA) is 98.9 Å². The molecule has 1 saturated heterocycles. The Morgan fingerprint density at radius 1 is 0.932 bits per heavy atom. The second-order valence-corrected chi connectivity index (χ2v) is 11.8. The molecule has 1 aromatic heterocycles. The van der Waals surface area contributed by atoms with Gasteiger partial charge in [0, 0.05) is 48.9 Å². The lowest BCUT2D eigenvalue weighted by atomic mass is 9.74. The zero-order valence-electron chi connectivity index (χ0n) is 25.1. The summed E-state index contributed by atoms with van der Waals surface area (Å²) >= 11 is 0. The average Bonchev–Trinajstić information content (AvgIpc) is 3.37. The number of ether oxygens (including phenoxy) is 2. The minimum absolute atomic E-state index is 0.0652. The molecule has 0 amide bonds.